The molecule has 1 aliphatic heterocycles. The molecule has 2 fully saturated rings. The standard InChI is InChI=1S/C12H24N2/c1-11-13-9-6-10-14(11)12(2)7-4-3-5-8-12/h11,13H,3-10H2,1-2H3. The summed E-state index contributed by atoms with van der Waals surface area (Å²) in [5.74, 6) is 0. The second-order valence-electron chi connectivity index (χ2n) is 5.23. The summed E-state index contributed by atoms with van der Waals surface area (Å²) >= 11 is 0. The Kier molecular flexibility index (Phi) is 3.13. The molecule has 1 aliphatic carbocycles. The molecule has 14 heavy (non-hydrogen) atoms. The Morgan fingerprint density at radius 3 is 2.50 bits per heavy atom. The fourth-order valence-electron chi connectivity index (χ4n) is 3.20. The van der Waals surface area contributed by atoms with Gasteiger partial charge in [0.2, 0.25) is 0 Å². The van der Waals surface area contributed by atoms with Crippen molar-refractivity contribution < 1.29 is 0 Å². The van der Waals surface area contributed by atoms with E-state index in [1.54, 1.807) is 0 Å². The van der Waals surface area contributed by atoms with E-state index < -0.39 is 0 Å². The maximum absolute atomic E-state index is 3.58. The van der Waals surface area contributed by atoms with E-state index in [1.807, 2.05) is 0 Å². The van der Waals surface area contributed by atoms with Crippen molar-refractivity contribution >= 4 is 0 Å². The van der Waals surface area contributed by atoms with Gasteiger partial charge in [0, 0.05) is 12.1 Å². The number of hydrogen-bond donors (Lipinski definition) is 1. The van der Waals surface area contributed by atoms with Crippen LogP contribution in [0.1, 0.15) is 52.4 Å². The Balaban J connectivity index is 2.02. The topological polar surface area (TPSA) is 15.3 Å². The summed E-state index contributed by atoms with van der Waals surface area (Å²) in [6.07, 6.45) is 9.02. The maximum atomic E-state index is 3.58. The summed E-state index contributed by atoms with van der Waals surface area (Å²) in [5, 5.41) is 3.58. The molecule has 0 bridgehead atoms. The zero-order chi connectivity index (χ0) is 10.0. The van der Waals surface area contributed by atoms with E-state index in [0.29, 0.717) is 11.7 Å². The number of nitrogens with one attached hydrogen (secondary N) is 1. The molecular formula is C12H24N2. The van der Waals surface area contributed by atoms with Crippen LogP contribution >= 0.6 is 0 Å². The van der Waals surface area contributed by atoms with Gasteiger partial charge in [-0.1, -0.05) is 19.3 Å². The van der Waals surface area contributed by atoms with E-state index in [4.69, 9.17) is 0 Å². The Morgan fingerprint density at radius 1 is 1.14 bits per heavy atom. The minimum atomic E-state index is 0.491. The number of nitrogens with zero attached hydrogens (tertiary/aromatic N) is 1. The molecule has 0 spiro atoms. The molecule has 0 aromatic carbocycles. The highest BCUT2D eigenvalue weighted by Gasteiger charge is 2.36. The molecule has 1 heterocycles. The highest BCUT2D eigenvalue weighted by atomic mass is 15.3. The summed E-state index contributed by atoms with van der Waals surface area (Å²) in [5.41, 5.74) is 0.491. The van der Waals surface area contributed by atoms with Gasteiger partial charge < -0.3 is 5.32 Å². The first-order valence-electron chi connectivity index (χ1n) is 6.22. The largest absolute Gasteiger partial charge is 0.302 e. The fraction of sp³-hybridized carbons (Fsp3) is 1.00. The smallest absolute Gasteiger partial charge is 0.0572 e. The normalized spacial score (nSPS) is 34.3. The Bertz CT molecular complexity index is 185. The lowest BCUT2D eigenvalue weighted by molar-refractivity contribution is 0.00222. The summed E-state index contributed by atoms with van der Waals surface area (Å²) in [6.45, 7) is 7.28. The van der Waals surface area contributed by atoms with Gasteiger partial charge in [0.05, 0.1) is 6.17 Å². The van der Waals surface area contributed by atoms with Crippen LogP contribution in [-0.2, 0) is 0 Å². The molecule has 1 saturated carbocycles. The monoisotopic (exact) mass is 196 g/mol. The van der Waals surface area contributed by atoms with Crippen LogP contribution in [0.15, 0.2) is 0 Å². The van der Waals surface area contributed by atoms with Crippen molar-refractivity contribution in [2.75, 3.05) is 13.1 Å². The van der Waals surface area contributed by atoms with Crippen LogP contribution in [0.4, 0.5) is 0 Å². The van der Waals surface area contributed by atoms with E-state index in [2.05, 4.69) is 24.1 Å². The van der Waals surface area contributed by atoms with Gasteiger partial charge in [-0.05, 0) is 39.7 Å². The van der Waals surface area contributed by atoms with Crippen molar-refractivity contribution in [3.05, 3.63) is 0 Å². The number of rotatable bonds is 1. The van der Waals surface area contributed by atoms with Crippen LogP contribution in [0.2, 0.25) is 0 Å². The van der Waals surface area contributed by atoms with Crippen molar-refractivity contribution in [3.63, 3.8) is 0 Å². The van der Waals surface area contributed by atoms with Crippen LogP contribution in [0.3, 0.4) is 0 Å². The second-order valence-corrected chi connectivity index (χ2v) is 5.23. The summed E-state index contributed by atoms with van der Waals surface area (Å²) in [7, 11) is 0. The Hall–Kier alpha value is -0.0800. The lowest BCUT2D eigenvalue weighted by Crippen LogP contribution is -2.59. The molecule has 1 N–H and O–H groups in total. The molecule has 2 nitrogen and oxygen atoms in total. The summed E-state index contributed by atoms with van der Waals surface area (Å²) < 4.78 is 0. The molecule has 2 heteroatoms. The van der Waals surface area contributed by atoms with Gasteiger partial charge in [-0.15, -0.1) is 0 Å². The minimum absolute atomic E-state index is 0.491. The van der Waals surface area contributed by atoms with Gasteiger partial charge >= 0.3 is 0 Å². The molecule has 2 rings (SSSR count). The third-order valence-electron chi connectivity index (χ3n) is 4.11. The summed E-state index contributed by atoms with van der Waals surface area (Å²) in [6, 6.07) is 0. The van der Waals surface area contributed by atoms with Gasteiger partial charge in [-0.3, -0.25) is 4.90 Å². The number of hydrogen-bond acceptors (Lipinski definition) is 2. The first kappa shape index (κ1) is 10.4. The quantitative estimate of drug-likeness (QED) is 0.692. The molecule has 0 radical (unpaired) electrons. The minimum Gasteiger partial charge on any atom is -0.302 e. The van der Waals surface area contributed by atoms with Crippen LogP contribution in [-0.4, -0.2) is 29.7 Å². The molecule has 82 valence electrons. The predicted molar refractivity (Wildman–Crippen MR) is 60.3 cm³/mol. The fourth-order valence-corrected chi connectivity index (χ4v) is 3.20. The maximum Gasteiger partial charge on any atom is 0.0572 e. The van der Waals surface area contributed by atoms with E-state index in [-0.39, 0.29) is 0 Å². The van der Waals surface area contributed by atoms with Gasteiger partial charge in [0.15, 0.2) is 0 Å². The van der Waals surface area contributed by atoms with E-state index >= 15 is 0 Å². The molecule has 1 saturated heterocycles. The van der Waals surface area contributed by atoms with Gasteiger partial charge in [0.1, 0.15) is 0 Å². The van der Waals surface area contributed by atoms with Crippen LogP contribution < -0.4 is 5.32 Å². The van der Waals surface area contributed by atoms with E-state index in [9.17, 15) is 0 Å². The average Bonchev–Trinajstić information content (AvgIpc) is 2.19. The van der Waals surface area contributed by atoms with Gasteiger partial charge in [-0.25, -0.2) is 0 Å². The van der Waals surface area contributed by atoms with Crippen molar-refractivity contribution in [2.45, 2.75) is 64.1 Å². The van der Waals surface area contributed by atoms with Crippen molar-refractivity contribution in [3.8, 4) is 0 Å². The third-order valence-corrected chi connectivity index (χ3v) is 4.11. The molecule has 0 aromatic heterocycles. The van der Waals surface area contributed by atoms with E-state index in [0.717, 1.165) is 0 Å². The average molecular weight is 196 g/mol. The van der Waals surface area contributed by atoms with Crippen LogP contribution in [0.5, 0.6) is 0 Å². The lowest BCUT2D eigenvalue weighted by atomic mass is 9.81. The second kappa shape index (κ2) is 4.19. The molecule has 2 aliphatic rings. The predicted octanol–water partition coefficient (Wildman–Crippen LogP) is 2.35. The lowest BCUT2D eigenvalue weighted by Gasteiger charge is -2.49. The Labute approximate surface area is 88.1 Å². The SMILES string of the molecule is CC1NCCCN1C1(C)CCCCC1. The van der Waals surface area contributed by atoms with Crippen molar-refractivity contribution in [2.24, 2.45) is 0 Å². The van der Waals surface area contributed by atoms with Gasteiger partial charge in [-0.2, -0.15) is 0 Å². The Morgan fingerprint density at radius 2 is 1.86 bits per heavy atom. The zero-order valence-corrected chi connectivity index (χ0v) is 9.68. The third kappa shape index (κ3) is 1.96. The highest BCUT2D eigenvalue weighted by molar-refractivity contribution is 4.92. The first-order chi connectivity index (χ1) is 6.72. The van der Waals surface area contributed by atoms with E-state index in [1.165, 1.54) is 51.6 Å². The molecule has 0 amide bonds. The zero-order valence-electron chi connectivity index (χ0n) is 9.68. The van der Waals surface area contributed by atoms with Crippen LogP contribution in [0, 0.1) is 0 Å². The molecular weight excluding hydrogens is 172 g/mol. The van der Waals surface area contributed by atoms with Crippen LogP contribution in [0.25, 0.3) is 0 Å². The van der Waals surface area contributed by atoms with Crippen molar-refractivity contribution in [1.29, 1.82) is 0 Å². The molecule has 1 atom stereocenters. The summed E-state index contributed by atoms with van der Waals surface area (Å²) in [4.78, 5) is 2.70. The molecule has 0 aromatic rings. The highest BCUT2D eigenvalue weighted by Crippen LogP contribution is 2.34. The van der Waals surface area contributed by atoms with Gasteiger partial charge in [0.25, 0.3) is 0 Å². The molecule has 1 unspecified atom stereocenters. The first-order valence-corrected chi connectivity index (χ1v) is 6.22. The van der Waals surface area contributed by atoms with Crippen molar-refractivity contribution in [1.82, 2.24) is 10.2 Å².